The molecule has 0 saturated carbocycles. The molecule has 0 spiro atoms. The molecule has 2 rings (SSSR count). The van der Waals surface area contributed by atoms with Gasteiger partial charge in [-0.3, -0.25) is 9.59 Å². The van der Waals surface area contributed by atoms with Crippen LogP contribution in [0, 0.1) is 0 Å². The Bertz CT molecular complexity index is 523. The average Bonchev–Trinajstić information content (AvgIpc) is 2.39. The maximum atomic E-state index is 11.8. The zero-order chi connectivity index (χ0) is 14.7. The SMILES string of the molecule is CC(=O)NC1CCN(c2ccc(Br)cc2C(C)=O)CC1. The van der Waals surface area contributed by atoms with Gasteiger partial charge in [0.1, 0.15) is 0 Å². The molecule has 1 saturated heterocycles. The van der Waals surface area contributed by atoms with Crippen LogP contribution in [0.15, 0.2) is 22.7 Å². The largest absolute Gasteiger partial charge is 0.371 e. The fourth-order valence-electron chi connectivity index (χ4n) is 2.62. The first kappa shape index (κ1) is 15.0. The van der Waals surface area contributed by atoms with Crippen LogP contribution < -0.4 is 10.2 Å². The molecule has 0 radical (unpaired) electrons. The summed E-state index contributed by atoms with van der Waals surface area (Å²) in [6, 6.07) is 6.07. The molecule has 1 aliphatic rings. The van der Waals surface area contributed by atoms with Gasteiger partial charge in [0, 0.05) is 41.8 Å². The van der Waals surface area contributed by atoms with Crippen molar-refractivity contribution in [3.8, 4) is 0 Å². The van der Waals surface area contributed by atoms with Crippen LogP contribution in [0.5, 0.6) is 0 Å². The van der Waals surface area contributed by atoms with Crippen molar-refractivity contribution in [2.45, 2.75) is 32.7 Å². The summed E-state index contributed by atoms with van der Waals surface area (Å²) in [4.78, 5) is 25.1. The van der Waals surface area contributed by atoms with Crippen LogP contribution in [0.1, 0.15) is 37.0 Å². The number of rotatable bonds is 3. The second kappa shape index (κ2) is 6.39. The number of benzene rings is 1. The van der Waals surface area contributed by atoms with Crippen LogP contribution in [-0.2, 0) is 4.79 Å². The first-order valence-electron chi connectivity index (χ1n) is 6.80. The van der Waals surface area contributed by atoms with Crippen LogP contribution in [-0.4, -0.2) is 30.8 Å². The number of halogens is 1. The molecule has 5 heteroatoms. The second-order valence-electron chi connectivity index (χ2n) is 5.18. The molecule has 1 N–H and O–H groups in total. The van der Waals surface area contributed by atoms with Gasteiger partial charge in [0.2, 0.25) is 5.91 Å². The van der Waals surface area contributed by atoms with Gasteiger partial charge in [0.15, 0.2) is 5.78 Å². The topological polar surface area (TPSA) is 49.4 Å². The molecule has 0 bridgehead atoms. The molecule has 1 aromatic rings. The van der Waals surface area contributed by atoms with Gasteiger partial charge in [0.05, 0.1) is 0 Å². The minimum absolute atomic E-state index is 0.0246. The Morgan fingerprint density at radius 3 is 2.45 bits per heavy atom. The van der Waals surface area contributed by atoms with Crippen molar-refractivity contribution in [1.82, 2.24) is 5.32 Å². The number of ketones is 1. The second-order valence-corrected chi connectivity index (χ2v) is 6.10. The smallest absolute Gasteiger partial charge is 0.217 e. The monoisotopic (exact) mass is 338 g/mol. The predicted molar refractivity (Wildman–Crippen MR) is 83.2 cm³/mol. The van der Waals surface area contributed by atoms with E-state index in [0.717, 1.165) is 41.7 Å². The number of hydrogen-bond acceptors (Lipinski definition) is 3. The average molecular weight is 339 g/mol. The summed E-state index contributed by atoms with van der Waals surface area (Å²) in [6.07, 6.45) is 1.82. The molecular weight excluding hydrogens is 320 g/mol. The summed E-state index contributed by atoms with van der Waals surface area (Å²) in [6.45, 7) is 4.85. The van der Waals surface area contributed by atoms with Crippen molar-refractivity contribution in [3.05, 3.63) is 28.2 Å². The third kappa shape index (κ3) is 3.60. The first-order chi connectivity index (χ1) is 9.47. The van der Waals surface area contributed by atoms with E-state index < -0.39 is 0 Å². The van der Waals surface area contributed by atoms with Gasteiger partial charge in [-0.2, -0.15) is 0 Å². The molecule has 0 unspecified atom stereocenters. The van der Waals surface area contributed by atoms with Gasteiger partial charge in [-0.15, -0.1) is 0 Å². The Hall–Kier alpha value is -1.36. The Labute approximate surface area is 127 Å². The zero-order valence-electron chi connectivity index (χ0n) is 11.8. The van der Waals surface area contributed by atoms with Crippen LogP contribution >= 0.6 is 15.9 Å². The number of hydrogen-bond donors (Lipinski definition) is 1. The Morgan fingerprint density at radius 1 is 1.25 bits per heavy atom. The molecule has 1 heterocycles. The van der Waals surface area contributed by atoms with Gasteiger partial charge in [-0.05, 0) is 38.0 Å². The number of nitrogens with zero attached hydrogens (tertiary/aromatic N) is 1. The number of carbonyl (C=O) groups excluding carboxylic acids is 2. The highest BCUT2D eigenvalue weighted by atomic mass is 79.9. The van der Waals surface area contributed by atoms with Crippen molar-refractivity contribution in [2.24, 2.45) is 0 Å². The molecule has 0 aliphatic carbocycles. The summed E-state index contributed by atoms with van der Waals surface area (Å²) in [5, 5.41) is 2.96. The van der Waals surface area contributed by atoms with E-state index in [-0.39, 0.29) is 17.7 Å². The van der Waals surface area contributed by atoms with E-state index in [1.54, 1.807) is 13.8 Å². The molecule has 4 nitrogen and oxygen atoms in total. The first-order valence-corrected chi connectivity index (χ1v) is 7.59. The molecule has 0 atom stereocenters. The molecule has 20 heavy (non-hydrogen) atoms. The molecule has 1 aliphatic heterocycles. The zero-order valence-corrected chi connectivity index (χ0v) is 13.4. The minimum Gasteiger partial charge on any atom is -0.371 e. The number of nitrogens with one attached hydrogen (secondary N) is 1. The Balaban J connectivity index is 2.11. The lowest BCUT2D eigenvalue weighted by atomic mass is 10.0. The number of anilines is 1. The van der Waals surface area contributed by atoms with Crippen LogP contribution in [0.2, 0.25) is 0 Å². The van der Waals surface area contributed by atoms with E-state index in [4.69, 9.17) is 0 Å². The molecular formula is C15H19BrN2O2. The van der Waals surface area contributed by atoms with Crippen LogP contribution in [0.3, 0.4) is 0 Å². The van der Waals surface area contributed by atoms with Crippen molar-refractivity contribution >= 4 is 33.3 Å². The van der Waals surface area contributed by atoms with E-state index >= 15 is 0 Å². The van der Waals surface area contributed by atoms with E-state index in [2.05, 4.69) is 26.1 Å². The van der Waals surface area contributed by atoms with Crippen molar-refractivity contribution in [3.63, 3.8) is 0 Å². The van der Waals surface area contributed by atoms with Gasteiger partial charge in [-0.25, -0.2) is 0 Å². The summed E-state index contributed by atoms with van der Waals surface area (Å²) in [7, 11) is 0. The molecule has 1 aromatic carbocycles. The predicted octanol–water partition coefficient (Wildman–Crippen LogP) is 2.76. The molecule has 1 fully saturated rings. The maximum absolute atomic E-state index is 11.8. The summed E-state index contributed by atoms with van der Waals surface area (Å²) in [5.74, 6) is 0.0989. The lowest BCUT2D eigenvalue weighted by Crippen LogP contribution is -2.44. The van der Waals surface area contributed by atoms with E-state index in [1.807, 2.05) is 18.2 Å². The summed E-state index contributed by atoms with van der Waals surface area (Å²) in [5.41, 5.74) is 1.74. The number of carbonyl (C=O) groups is 2. The van der Waals surface area contributed by atoms with Gasteiger partial charge in [0.25, 0.3) is 0 Å². The van der Waals surface area contributed by atoms with Crippen LogP contribution in [0.25, 0.3) is 0 Å². The standard InChI is InChI=1S/C15H19BrN2O2/c1-10(19)14-9-12(16)3-4-15(14)18-7-5-13(6-8-18)17-11(2)20/h3-4,9,13H,5-8H2,1-2H3,(H,17,20). The summed E-state index contributed by atoms with van der Waals surface area (Å²) < 4.78 is 0.916. The normalized spacial score (nSPS) is 16.1. The fourth-order valence-corrected chi connectivity index (χ4v) is 2.98. The molecule has 1 amide bonds. The van der Waals surface area contributed by atoms with Crippen molar-refractivity contribution < 1.29 is 9.59 Å². The maximum Gasteiger partial charge on any atom is 0.217 e. The number of Topliss-reactive ketones (excluding diaryl/α,β-unsaturated/α-hetero) is 1. The van der Waals surface area contributed by atoms with Gasteiger partial charge in [-0.1, -0.05) is 15.9 Å². The van der Waals surface area contributed by atoms with E-state index in [9.17, 15) is 9.59 Å². The Morgan fingerprint density at radius 2 is 1.90 bits per heavy atom. The number of amides is 1. The van der Waals surface area contributed by atoms with Crippen molar-refractivity contribution in [1.29, 1.82) is 0 Å². The highest BCUT2D eigenvalue weighted by Crippen LogP contribution is 2.27. The van der Waals surface area contributed by atoms with Gasteiger partial charge >= 0.3 is 0 Å². The third-order valence-electron chi connectivity index (χ3n) is 3.58. The lowest BCUT2D eigenvalue weighted by Gasteiger charge is -2.34. The fraction of sp³-hybridized carbons (Fsp3) is 0.467. The highest BCUT2D eigenvalue weighted by molar-refractivity contribution is 9.10. The van der Waals surface area contributed by atoms with Crippen molar-refractivity contribution in [2.75, 3.05) is 18.0 Å². The minimum atomic E-state index is 0.0246. The molecule has 108 valence electrons. The highest BCUT2D eigenvalue weighted by Gasteiger charge is 2.22. The van der Waals surface area contributed by atoms with E-state index in [0.29, 0.717) is 0 Å². The van der Waals surface area contributed by atoms with Crippen LogP contribution in [0.4, 0.5) is 5.69 Å². The lowest BCUT2D eigenvalue weighted by molar-refractivity contribution is -0.119. The Kier molecular flexibility index (Phi) is 4.81. The quantitative estimate of drug-likeness (QED) is 0.862. The third-order valence-corrected chi connectivity index (χ3v) is 4.07. The van der Waals surface area contributed by atoms with E-state index in [1.165, 1.54) is 0 Å². The summed E-state index contributed by atoms with van der Waals surface area (Å²) >= 11 is 3.41. The van der Waals surface area contributed by atoms with Gasteiger partial charge < -0.3 is 10.2 Å². The number of piperidine rings is 1. The molecule has 0 aromatic heterocycles.